The number of rotatable bonds is 2. The van der Waals surface area contributed by atoms with E-state index in [2.05, 4.69) is 25.9 Å². The lowest BCUT2D eigenvalue weighted by molar-refractivity contribution is 0.994. The lowest BCUT2D eigenvalue weighted by Gasteiger charge is -2.04. The second kappa shape index (κ2) is 4.39. The van der Waals surface area contributed by atoms with Gasteiger partial charge >= 0.3 is 0 Å². The molecule has 0 N–H and O–H groups in total. The largest absolute Gasteiger partial charge is 0.233 e. The third-order valence-electron chi connectivity index (χ3n) is 2.79. The topological polar surface area (TPSA) is 25.8 Å². The van der Waals surface area contributed by atoms with Crippen molar-refractivity contribution < 1.29 is 0 Å². The van der Waals surface area contributed by atoms with Crippen LogP contribution in [0.15, 0.2) is 34.8 Å². The van der Waals surface area contributed by atoms with E-state index in [1.165, 1.54) is 12.8 Å². The van der Waals surface area contributed by atoms with Crippen molar-refractivity contribution in [2.45, 2.75) is 18.8 Å². The molecule has 1 heterocycles. The highest BCUT2D eigenvalue weighted by molar-refractivity contribution is 9.10. The zero-order valence-electron chi connectivity index (χ0n) is 9.03. The van der Waals surface area contributed by atoms with Crippen LogP contribution in [0.3, 0.4) is 0 Å². The molecule has 1 aromatic heterocycles. The number of nitrogens with zero attached hydrogens (tertiary/aromatic N) is 2. The molecule has 0 unspecified atom stereocenters. The number of benzene rings is 1. The van der Waals surface area contributed by atoms with Gasteiger partial charge in [0, 0.05) is 21.6 Å². The molecular formula is C13H10BrClN2. The maximum Gasteiger partial charge on any atom is 0.161 e. The van der Waals surface area contributed by atoms with E-state index in [-0.39, 0.29) is 0 Å². The Bertz CT molecular complexity index is 567. The van der Waals surface area contributed by atoms with Crippen LogP contribution >= 0.6 is 27.5 Å². The quantitative estimate of drug-likeness (QED) is 0.767. The monoisotopic (exact) mass is 308 g/mol. The van der Waals surface area contributed by atoms with Crippen molar-refractivity contribution in [1.29, 1.82) is 0 Å². The van der Waals surface area contributed by atoms with Gasteiger partial charge in [-0.15, -0.1) is 0 Å². The van der Waals surface area contributed by atoms with Gasteiger partial charge in [-0.2, -0.15) is 0 Å². The van der Waals surface area contributed by atoms with Crippen LogP contribution < -0.4 is 0 Å². The predicted molar refractivity (Wildman–Crippen MR) is 72.2 cm³/mol. The van der Waals surface area contributed by atoms with Gasteiger partial charge in [0.25, 0.3) is 0 Å². The highest BCUT2D eigenvalue weighted by Gasteiger charge is 2.26. The van der Waals surface area contributed by atoms with Crippen LogP contribution in [0.2, 0.25) is 5.15 Å². The first-order chi connectivity index (χ1) is 8.22. The van der Waals surface area contributed by atoms with Gasteiger partial charge in [-0.1, -0.05) is 39.7 Å². The molecule has 1 aromatic carbocycles. The highest BCUT2D eigenvalue weighted by Crippen LogP contribution is 2.40. The van der Waals surface area contributed by atoms with Gasteiger partial charge in [-0.25, -0.2) is 9.97 Å². The van der Waals surface area contributed by atoms with Crippen molar-refractivity contribution in [2.24, 2.45) is 0 Å². The fourth-order valence-corrected chi connectivity index (χ4v) is 2.37. The summed E-state index contributed by atoms with van der Waals surface area (Å²) >= 11 is 9.50. The molecule has 0 atom stereocenters. The van der Waals surface area contributed by atoms with Crippen LogP contribution in [-0.4, -0.2) is 9.97 Å². The Morgan fingerprint density at radius 1 is 1.18 bits per heavy atom. The summed E-state index contributed by atoms with van der Waals surface area (Å²) in [6.45, 7) is 0. The summed E-state index contributed by atoms with van der Waals surface area (Å²) in [6.07, 6.45) is 2.43. The smallest absolute Gasteiger partial charge is 0.161 e. The number of hydrogen-bond donors (Lipinski definition) is 0. The van der Waals surface area contributed by atoms with Crippen molar-refractivity contribution in [1.82, 2.24) is 9.97 Å². The molecule has 0 amide bonds. The lowest BCUT2D eigenvalue weighted by atomic mass is 10.2. The van der Waals surface area contributed by atoms with Gasteiger partial charge in [0.2, 0.25) is 0 Å². The van der Waals surface area contributed by atoms with Crippen LogP contribution in [0, 0.1) is 0 Å². The molecule has 17 heavy (non-hydrogen) atoms. The molecule has 0 aliphatic heterocycles. The summed E-state index contributed by atoms with van der Waals surface area (Å²) in [5, 5.41) is 0.525. The van der Waals surface area contributed by atoms with Gasteiger partial charge in [-0.3, -0.25) is 0 Å². The molecule has 1 aliphatic carbocycles. The molecule has 0 saturated heterocycles. The summed E-state index contributed by atoms with van der Waals surface area (Å²) < 4.78 is 1.02. The minimum absolute atomic E-state index is 0.525. The van der Waals surface area contributed by atoms with Crippen molar-refractivity contribution in [3.05, 3.63) is 45.7 Å². The summed E-state index contributed by atoms with van der Waals surface area (Å²) in [7, 11) is 0. The van der Waals surface area contributed by atoms with E-state index in [1.54, 1.807) is 0 Å². The molecule has 1 saturated carbocycles. The molecule has 1 aliphatic rings. The van der Waals surface area contributed by atoms with Crippen LogP contribution in [0.1, 0.15) is 24.5 Å². The van der Waals surface area contributed by atoms with Crippen molar-refractivity contribution in [3.63, 3.8) is 0 Å². The molecule has 0 spiro atoms. The van der Waals surface area contributed by atoms with Crippen LogP contribution in [0.25, 0.3) is 11.4 Å². The Kier molecular flexibility index (Phi) is 2.89. The summed E-state index contributed by atoms with van der Waals surface area (Å²) in [5.74, 6) is 1.29. The van der Waals surface area contributed by atoms with E-state index in [9.17, 15) is 0 Å². The van der Waals surface area contributed by atoms with Gasteiger partial charge < -0.3 is 0 Å². The van der Waals surface area contributed by atoms with E-state index in [1.807, 2.05) is 30.3 Å². The fraction of sp³-hybridized carbons (Fsp3) is 0.231. The van der Waals surface area contributed by atoms with Crippen molar-refractivity contribution in [2.75, 3.05) is 0 Å². The molecule has 0 radical (unpaired) electrons. The average Bonchev–Trinajstić information content (AvgIpc) is 3.12. The van der Waals surface area contributed by atoms with Gasteiger partial charge in [0.1, 0.15) is 5.15 Å². The summed E-state index contributed by atoms with van der Waals surface area (Å²) in [5.41, 5.74) is 2.06. The first-order valence-electron chi connectivity index (χ1n) is 5.53. The maximum atomic E-state index is 6.05. The Morgan fingerprint density at radius 3 is 2.71 bits per heavy atom. The van der Waals surface area contributed by atoms with E-state index < -0.39 is 0 Å². The van der Waals surface area contributed by atoms with Crippen LogP contribution in [-0.2, 0) is 0 Å². The molecule has 3 rings (SSSR count). The minimum atomic E-state index is 0.525. The zero-order valence-corrected chi connectivity index (χ0v) is 11.4. The number of halogens is 2. The molecule has 2 aromatic rings. The fourth-order valence-electron chi connectivity index (χ4n) is 1.78. The Hall–Kier alpha value is -0.930. The predicted octanol–water partition coefficient (Wildman–Crippen LogP) is 4.44. The van der Waals surface area contributed by atoms with Crippen LogP contribution in [0.5, 0.6) is 0 Å². The Morgan fingerprint density at radius 2 is 2.00 bits per heavy atom. The normalized spacial score (nSPS) is 14.9. The Labute approximate surface area is 113 Å². The van der Waals surface area contributed by atoms with E-state index in [4.69, 9.17) is 11.6 Å². The second-order valence-electron chi connectivity index (χ2n) is 4.22. The third-order valence-corrected chi connectivity index (χ3v) is 3.48. The lowest BCUT2D eigenvalue weighted by Crippen LogP contribution is -1.94. The minimum Gasteiger partial charge on any atom is -0.233 e. The van der Waals surface area contributed by atoms with E-state index in [0.717, 1.165) is 15.7 Å². The average molecular weight is 310 g/mol. The highest BCUT2D eigenvalue weighted by atomic mass is 79.9. The SMILES string of the molecule is Clc1cc(C2CC2)nc(-c2cccc(Br)c2)n1. The van der Waals surface area contributed by atoms with Gasteiger partial charge in [-0.05, 0) is 31.0 Å². The standard InChI is InChI=1S/C13H10BrClN2/c14-10-3-1-2-9(6-10)13-16-11(8-4-5-8)7-12(15)17-13/h1-3,6-8H,4-5H2. The number of hydrogen-bond acceptors (Lipinski definition) is 2. The molecular weight excluding hydrogens is 300 g/mol. The maximum absolute atomic E-state index is 6.05. The third kappa shape index (κ3) is 2.50. The summed E-state index contributed by atoms with van der Waals surface area (Å²) in [6, 6.07) is 9.83. The zero-order chi connectivity index (χ0) is 11.8. The van der Waals surface area contributed by atoms with Gasteiger partial charge in [0.15, 0.2) is 5.82 Å². The molecule has 4 heteroatoms. The molecule has 1 fully saturated rings. The van der Waals surface area contributed by atoms with E-state index >= 15 is 0 Å². The number of aromatic nitrogens is 2. The van der Waals surface area contributed by atoms with Crippen molar-refractivity contribution >= 4 is 27.5 Å². The molecule has 86 valence electrons. The van der Waals surface area contributed by atoms with Gasteiger partial charge in [0.05, 0.1) is 0 Å². The Balaban J connectivity index is 2.07. The molecule has 2 nitrogen and oxygen atoms in total. The van der Waals surface area contributed by atoms with E-state index in [0.29, 0.717) is 16.9 Å². The van der Waals surface area contributed by atoms with Crippen LogP contribution in [0.4, 0.5) is 0 Å². The first kappa shape index (κ1) is 11.2. The summed E-state index contributed by atoms with van der Waals surface area (Å²) in [4.78, 5) is 8.88. The second-order valence-corrected chi connectivity index (χ2v) is 5.53. The first-order valence-corrected chi connectivity index (χ1v) is 6.70. The molecule has 0 bridgehead atoms. The van der Waals surface area contributed by atoms with Crippen molar-refractivity contribution in [3.8, 4) is 11.4 Å².